The Bertz CT molecular complexity index is 417. The molecule has 0 atom stereocenters. The molecule has 29 heavy (non-hydrogen) atoms. The van der Waals surface area contributed by atoms with Crippen molar-refractivity contribution in [3.8, 4) is 0 Å². The van der Waals surface area contributed by atoms with Crippen LogP contribution < -0.4 is 0 Å². The number of ether oxygens (including phenoxy) is 3. The summed E-state index contributed by atoms with van der Waals surface area (Å²) in [6.45, 7) is 4.59. The predicted molar refractivity (Wildman–Crippen MR) is 113 cm³/mol. The average molecular weight is 415 g/mol. The van der Waals surface area contributed by atoms with E-state index in [-0.39, 0.29) is 19.2 Å². The van der Waals surface area contributed by atoms with Crippen LogP contribution in [0.4, 0.5) is 0 Å². The highest BCUT2D eigenvalue weighted by atomic mass is 16.6. The number of rotatable bonds is 19. The van der Waals surface area contributed by atoms with Crippen molar-refractivity contribution in [2.24, 2.45) is 0 Å². The lowest BCUT2D eigenvalue weighted by Crippen LogP contribution is -2.30. The van der Waals surface area contributed by atoms with Crippen LogP contribution in [0.1, 0.15) is 111 Å². The summed E-state index contributed by atoms with van der Waals surface area (Å²) in [6.07, 6.45) is 15.8. The van der Waals surface area contributed by atoms with Crippen molar-refractivity contribution in [1.82, 2.24) is 0 Å². The van der Waals surface area contributed by atoms with Gasteiger partial charge < -0.3 is 14.2 Å². The van der Waals surface area contributed by atoms with Gasteiger partial charge in [-0.15, -0.1) is 0 Å². The van der Waals surface area contributed by atoms with E-state index < -0.39 is 18.0 Å². The van der Waals surface area contributed by atoms with Crippen molar-refractivity contribution in [3.05, 3.63) is 0 Å². The minimum atomic E-state index is -0.753. The summed E-state index contributed by atoms with van der Waals surface area (Å²) < 4.78 is 15.0. The van der Waals surface area contributed by atoms with Gasteiger partial charge in [0, 0.05) is 20.3 Å². The first-order valence-electron chi connectivity index (χ1n) is 11.4. The second-order valence-corrected chi connectivity index (χ2v) is 7.71. The largest absolute Gasteiger partial charge is 0.462 e. The Balaban J connectivity index is 3.64. The van der Waals surface area contributed by atoms with Crippen molar-refractivity contribution < 1.29 is 28.6 Å². The van der Waals surface area contributed by atoms with E-state index in [1.54, 1.807) is 0 Å². The molecule has 0 fully saturated rings. The van der Waals surface area contributed by atoms with Crippen molar-refractivity contribution >= 4 is 17.9 Å². The van der Waals surface area contributed by atoms with E-state index in [0.29, 0.717) is 6.42 Å². The molecule has 6 heteroatoms. The molecule has 0 aliphatic carbocycles. The summed E-state index contributed by atoms with van der Waals surface area (Å²) in [5.74, 6) is -1.28. The van der Waals surface area contributed by atoms with Gasteiger partial charge in [0.15, 0.2) is 6.10 Å². The van der Waals surface area contributed by atoms with Gasteiger partial charge in [0.1, 0.15) is 13.2 Å². The Kier molecular flexibility index (Phi) is 18.6. The van der Waals surface area contributed by atoms with Gasteiger partial charge in [0.05, 0.1) is 0 Å². The van der Waals surface area contributed by atoms with Crippen LogP contribution in [-0.4, -0.2) is 37.2 Å². The van der Waals surface area contributed by atoms with E-state index in [1.807, 2.05) is 0 Å². The Hall–Kier alpha value is -1.59. The average Bonchev–Trinajstić information content (AvgIpc) is 2.67. The lowest BCUT2D eigenvalue weighted by atomic mass is 10.0. The van der Waals surface area contributed by atoms with Crippen molar-refractivity contribution in [2.45, 2.75) is 117 Å². The van der Waals surface area contributed by atoms with Gasteiger partial charge in [-0.2, -0.15) is 0 Å². The molecule has 0 bridgehead atoms. The fourth-order valence-corrected chi connectivity index (χ4v) is 3.07. The third kappa shape index (κ3) is 20.9. The molecule has 6 nitrogen and oxygen atoms in total. The molecule has 0 aliphatic heterocycles. The van der Waals surface area contributed by atoms with Crippen molar-refractivity contribution in [3.63, 3.8) is 0 Å². The molecule has 0 rings (SSSR count). The molecule has 0 unspecified atom stereocenters. The Morgan fingerprint density at radius 3 is 1.38 bits per heavy atom. The Labute approximate surface area is 177 Å². The lowest BCUT2D eigenvalue weighted by molar-refractivity contribution is -0.165. The number of hydrogen-bond acceptors (Lipinski definition) is 6. The summed E-state index contributed by atoms with van der Waals surface area (Å²) in [7, 11) is 0. The number of esters is 3. The van der Waals surface area contributed by atoms with Gasteiger partial charge in [-0.25, -0.2) is 0 Å². The second kappa shape index (κ2) is 19.7. The highest BCUT2D eigenvalue weighted by Crippen LogP contribution is 2.13. The first kappa shape index (κ1) is 27.4. The molecule has 0 aliphatic rings. The zero-order chi connectivity index (χ0) is 21.7. The van der Waals surface area contributed by atoms with Crippen LogP contribution in [0, 0.1) is 0 Å². The zero-order valence-corrected chi connectivity index (χ0v) is 18.8. The van der Waals surface area contributed by atoms with E-state index in [0.717, 1.165) is 19.3 Å². The smallest absolute Gasteiger partial charge is 0.306 e. The molecule has 0 N–H and O–H groups in total. The molecular weight excluding hydrogens is 372 g/mol. The summed E-state index contributed by atoms with van der Waals surface area (Å²) in [6, 6.07) is 0. The molecule has 0 saturated carbocycles. The first-order chi connectivity index (χ1) is 14.0. The van der Waals surface area contributed by atoms with Gasteiger partial charge in [0.2, 0.25) is 0 Å². The van der Waals surface area contributed by atoms with E-state index in [1.165, 1.54) is 78.1 Å². The summed E-state index contributed by atoms with van der Waals surface area (Å²) in [4.78, 5) is 33.8. The van der Waals surface area contributed by atoms with Crippen LogP contribution >= 0.6 is 0 Å². The molecule has 0 aromatic heterocycles. The first-order valence-corrected chi connectivity index (χ1v) is 11.4. The maximum atomic E-state index is 11.9. The van der Waals surface area contributed by atoms with E-state index in [4.69, 9.17) is 14.2 Å². The fraction of sp³-hybridized carbons (Fsp3) is 0.870. The summed E-state index contributed by atoms with van der Waals surface area (Å²) in [5, 5.41) is 0. The lowest BCUT2D eigenvalue weighted by Gasteiger charge is -2.17. The van der Waals surface area contributed by atoms with E-state index in [9.17, 15) is 14.4 Å². The van der Waals surface area contributed by atoms with Crippen LogP contribution in [0.3, 0.4) is 0 Å². The van der Waals surface area contributed by atoms with E-state index >= 15 is 0 Å². The van der Waals surface area contributed by atoms with Gasteiger partial charge in [-0.05, 0) is 6.42 Å². The topological polar surface area (TPSA) is 78.9 Å². The molecule has 0 aromatic carbocycles. The normalized spacial score (nSPS) is 10.8. The minimum absolute atomic E-state index is 0.104. The maximum Gasteiger partial charge on any atom is 0.306 e. The highest BCUT2D eigenvalue weighted by Gasteiger charge is 2.17. The van der Waals surface area contributed by atoms with Crippen LogP contribution in [0.25, 0.3) is 0 Å². The van der Waals surface area contributed by atoms with Gasteiger partial charge >= 0.3 is 17.9 Å². The van der Waals surface area contributed by atoms with Gasteiger partial charge in [-0.3, -0.25) is 14.4 Å². The van der Waals surface area contributed by atoms with Crippen LogP contribution in [-0.2, 0) is 28.6 Å². The van der Waals surface area contributed by atoms with Crippen LogP contribution in [0.5, 0.6) is 0 Å². The summed E-state index contributed by atoms with van der Waals surface area (Å²) in [5.41, 5.74) is 0. The minimum Gasteiger partial charge on any atom is -0.462 e. The monoisotopic (exact) mass is 414 g/mol. The SMILES string of the molecule is CCCCCCCCCCCCCCCC(=O)OC(COC(C)=O)COC(C)=O. The Morgan fingerprint density at radius 2 is 1.00 bits per heavy atom. The second-order valence-electron chi connectivity index (χ2n) is 7.71. The number of carbonyl (C=O) groups excluding carboxylic acids is 3. The van der Waals surface area contributed by atoms with Gasteiger partial charge in [0.25, 0.3) is 0 Å². The third-order valence-electron chi connectivity index (χ3n) is 4.73. The fourth-order valence-electron chi connectivity index (χ4n) is 3.07. The number of unbranched alkanes of at least 4 members (excludes halogenated alkanes) is 12. The highest BCUT2D eigenvalue weighted by molar-refractivity contribution is 5.70. The standard InChI is InChI=1S/C23H42O6/c1-4-5-6-7-8-9-10-11-12-13-14-15-16-17-23(26)29-22(18-27-20(2)24)19-28-21(3)25/h22H,4-19H2,1-3H3. The van der Waals surface area contributed by atoms with Crippen molar-refractivity contribution in [2.75, 3.05) is 13.2 Å². The van der Waals surface area contributed by atoms with Crippen molar-refractivity contribution in [1.29, 1.82) is 0 Å². The van der Waals surface area contributed by atoms with Crippen LogP contribution in [0.15, 0.2) is 0 Å². The zero-order valence-electron chi connectivity index (χ0n) is 18.8. The summed E-state index contributed by atoms with van der Waals surface area (Å²) >= 11 is 0. The molecule has 0 aromatic rings. The molecule has 0 amide bonds. The van der Waals surface area contributed by atoms with Crippen LogP contribution in [0.2, 0.25) is 0 Å². The molecule has 0 heterocycles. The quantitative estimate of drug-likeness (QED) is 0.158. The molecule has 0 spiro atoms. The Morgan fingerprint density at radius 1 is 0.621 bits per heavy atom. The molecule has 0 radical (unpaired) electrons. The molecular formula is C23H42O6. The number of hydrogen-bond donors (Lipinski definition) is 0. The van der Waals surface area contributed by atoms with E-state index in [2.05, 4.69) is 6.92 Å². The molecule has 0 saturated heterocycles. The van der Waals surface area contributed by atoms with Gasteiger partial charge in [-0.1, -0.05) is 84.0 Å². The molecule has 170 valence electrons. The third-order valence-corrected chi connectivity index (χ3v) is 4.73. The predicted octanol–water partition coefficient (Wildman–Crippen LogP) is 5.51. The number of carbonyl (C=O) groups is 3. The maximum absolute atomic E-state index is 11.9.